The van der Waals surface area contributed by atoms with Crippen LogP contribution in [0, 0.1) is 0 Å². The first-order valence-corrected chi connectivity index (χ1v) is 2.36. The highest BCUT2D eigenvalue weighted by Gasteiger charge is 1.85. The second-order valence-electron chi connectivity index (χ2n) is 1.41. The second kappa shape index (κ2) is 2.28. The van der Waals surface area contributed by atoms with Crippen molar-refractivity contribution in [3.63, 3.8) is 0 Å². The number of nitrogen functional groups attached to an aromatic ring is 1. The summed E-state index contributed by atoms with van der Waals surface area (Å²) in [5.74, 6) is 5.06. The van der Waals surface area contributed by atoms with Crippen molar-refractivity contribution in [2.24, 2.45) is 5.84 Å². The number of hydrogen-bond donors (Lipinski definition) is 2. The average Bonchev–Trinajstić information content (AvgIpc) is 1.90. The van der Waals surface area contributed by atoms with E-state index in [-0.39, 0.29) is 0 Å². The van der Waals surface area contributed by atoms with Crippen molar-refractivity contribution < 1.29 is 4.68 Å². The van der Waals surface area contributed by atoms with Crippen molar-refractivity contribution in [3.05, 3.63) is 30.6 Å². The molecule has 1 aromatic heterocycles. The van der Waals surface area contributed by atoms with E-state index in [2.05, 4.69) is 5.53 Å². The molecule has 1 aromatic rings. The number of nitrogens with zero attached hydrogens (tertiary/aromatic N) is 1. The molecular formula is C5H8N3+. The van der Waals surface area contributed by atoms with Gasteiger partial charge in [-0.3, -0.25) is 0 Å². The van der Waals surface area contributed by atoms with Crippen molar-refractivity contribution in [2.45, 2.75) is 0 Å². The Bertz CT molecular complexity index is 149. The monoisotopic (exact) mass is 110 g/mol. The van der Waals surface area contributed by atoms with Gasteiger partial charge in [0, 0.05) is 12.1 Å². The number of nitrogens with two attached hydrogens (primary N) is 1. The molecule has 42 valence electrons. The summed E-state index contributed by atoms with van der Waals surface area (Å²) < 4.78 is 1.65. The molecule has 0 radical (unpaired) electrons. The Morgan fingerprint density at radius 1 is 1.12 bits per heavy atom. The smallest absolute Gasteiger partial charge is 0.200 e. The predicted octanol–water partition coefficient (Wildman–Crippen LogP) is -0.609. The van der Waals surface area contributed by atoms with Gasteiger partial charge in [0.2, 0.25) is 12.4 Å². The molecular weight excluding hydrogens is 102 g/mol. The number of hydrazine groups is 1. The van der Waals surface area contributed by atoms with Gasteiger partial charge >= 0.3 is 0 Å². The summed E-state index contributed by atoms with van der Waals surface area (Å²) >= 11 is 0. The minimum atomic E-state index is 1.65. The SMILES string of the molecule is NN[n+]1ccccc1. The second-order valence-corrected chi connectivity index (χ2v) is 1.41. The number of nitrogens with one attached hydrogen (secondary N) is 1. The lowest BCUT2D eigenvalue weighted by Crippen LogP contribution is -2.48. The van der Waals surface area contributed by atoms with Crippen LogP contribution in [0.4, 0.5) is 0 Å². The molecule has 3 heteroatoms. The summed E-state index contributed by atoms with van der Waals surface area (Å²) in [5, 5.41) is 0. The van der Waals surface area contributed by atoms with E-state index < -0.39 is 0 Å². The molecule has 3 nitrogen and oxygen atoms in total. The lowest BCUT2D eigenvalue weighted by molar-refractivity contribution is -0.651. The fourth-order valence-corrected chi connectivity index (χ4v) is 0.485. The normalized spacial score (nSPS) is 8.62. The van der Waals surface area contributed by atoms with Crippen molar-refractivity contribution in [1.82, 2.24) is 0 Å². The highest BCUT2D eigenvalue weighted by atomic mass is 15.5. The van der Waals surface area contributed by atoms with E-state index in [1.54, 1.807) is 4.68 Å². The Morgan fingerprint density at radius 3 is 2.12 bits per heavy atom. The largest absolute Gasteiger partial charge is 0.200 e. The van der Waals surface area contributed by atoms with Gasteiger partial charge in [0.15, 0.2) is 0 Å². The molecule has 0 fully saturated rings. The summed E-state index contributed by atoms with van der Waals surface area (Å²) in [6.45, 7) is 0. The zero-order valence-electron chi connectivity index (χ0n) is 4.41. The lowest BCUT2D eigenvalue weighted by atomic mass is 10.5. The Kier molecular flexibility index (Phi) is 1.44. The van der Waals surface area contributed by atoms with Gasteiger partial charge in [-0.2, -0.15) is 0 Å². The summed E-state index contributed by atoms with van der Waals surface area (Å²) in [4.78, 5) is 0. The molecule has 3 N–H and O–H groups in total. The first kappa shape index (κ1) is 5.05. The minimum Gasteiger partial charge on any atom is -0.200 e. The first-order valence-electron chi connectivity index (χ1n) is 2.36. The lowest BCUT2D eigenvalue weighted by Gasteiger charge is -1.86. The van der Waals surface area contributed by atoms with Crippen LogP contribution < -0.4 is 16.1 Å². The highest BCUT2D eigenvalue weighted by molar-refractivity contribution is 4.83. The summed E-state index contributed by atoms with van der Waals surface area (Å²) in [6, 6.07) is 5.70. The Hall–Kier alpha value is -1.09. The molecule has 0 aliphatic rings. The minimum absolute atomic E-state index is 1.65. The van der Waals surface area contributed by atoms with Gasteiger partial charge in [0.05, 0.1) is 0 Å². The number of hydrogen-bond acceptors (Lipinski definition) is 2. The molecule has 0 bridgehead atoms. The molecule has 0 aliphatic carbocycles. The quantitative estimate of drug-likeness (QED) is 0.288. The summed E-state index contributed by atoms with van der Waals surface area (Å²) in [6.07, 6.45) is 3.64. The van der Waals surface area contributed by atoms with Crippen LogP contribution in [0.1, 0.15) is 0 Å². The van der Waals surface area contributed by atoms with Crippen molar-refractivity contribution >= 4 is 0 Å². The zero-order valence-corrected chi connectivity index (χ0v) is 4.41. The van der Waals surface area contributed by atoms with E-state index in [1.165, 1.54) is 0 Å². The van der Waals surface area contributed by atoms with Crippen LogP contribution in [-0.2, 0) is 0 Å². The fraction of sp³-hybridized carbons (Fsp3) is 0. The summed E-state index contributed by atoms with van der Waals surface area (Å²) in [7, 11) is 0. The number of aromatic nitrogens is 1. The van der Waals surface area contributed by atoms with Gasteiger partial charge in [-0.15, -0.1) is 5.53 Å². The number of pyridine rings is 1. The molecule has 0 aromatic carbocycles. The average molecular weight is 110 g/mol. The third-order valence-corrected chi connectivity index (χ3v) is 0.865. The van der Waals surface area contributed by atoms with Crippen LogP contribution in [0.2, 0.25) is 0 Å². The van der Waals surface area contributed by atoms with Gasteiger partial charge in [-0.25, -0.2) is 5.84 Å². The van der Waals surface area contributed by atoms with Crippen LogP contribution in [0.25, 0.3) is 0 Å². The van der Waals surface area contributed by atoms with Crippen molar-refractivity contribution in [3.8, 4) is 0 Å². The fourth-order valence-electron chi connectivity index (χ4n) is 0.485. The molecule has 0 atom stereocenters. The van der Waals surface area contributed by atoms with Crippen molar-refractivity contribution in [2.75, 3.05) is 5.53 Å². The zero-order chi connectivity index (χ0) is 5.82. The molecule has 8 heavy (non-hydrogen) atoms. The topological polar surface area (TPSA) is 41.9 Å². The molecule has 0 amide bonds. The van der Waals surface area contributed by atoms with Crippen LogP contribution in [0.15, 0.2) is 30.6 Å². The van der Waals surface area contributed by atoms with Crippen LogP contribution in [0.3, 0.4) is 0 Å². The molecule has 0 spiro atoms. The van der Waals surface area contributed by atoms with Crippen LogP contribution >= 0.6 is 0 Å². The number of rotatable bonds is 1. The van der Waals surface area contributed by atoms with Crippen LogP contribution in [0.5, 0.6) is 0 Å². The molecule has 1 heterocycles. The molecule has 0 saturated heterocycles. The van der Waals surface area contributed by atoms with Gasteiger partial charge in [-0.1, -0.05) is 10.7 Å². The van der Waals surface area contributed by atoms with E-state index >= 15 is 0 Å². The molecule has 0 unspecified atom stereocenters. The maximum absolute atomic E-state index is 5.06. The molecule has 0 saturated carbocycles. The van der Waals surface area contributed by atoms with Crippen LogP contribution in [-0.4, -0.2) is 0 Å². The van der Waals surface area contributed by atoms with E-state index in [0.717, 1.165) is 0 Å². The highest BCUT2D eigenvalue weighted by Crippen LogP contribution is 1.71. The van der Waals surface area contributed by atoms with E-state index in [4.69, 9.17) is 5.84 Å². The third-order valence-electron chi connectivity index (χ3n) is 0.865. The van der Waals surface area contributed by atoms with Gasteiger partial charge in [0.25, 0.3) is 0 Å². The standard InChI is InChI=1S/C5H8N3/c6-7-8-4-2-1-3-5-8/h1-5,7H,6H2/q+1. The van der Waals surface area contributed by atoms with Gasteiger partial charge in [0.1, 0.15) is 0 Å². The third kappa shape index (κ3) is 0.946. The van der Waals surface area contributed by atoms with E-state index in [1.807, 2.05) is 30.6 Å². The van der Waals surface area contributed by atoms with Gasteiger partial charge in [-0.05, 0) is 0 Å². The molecule has 0 aliphatic heterocycles. The van der Waals surface area contributed by atoms with E-state index in [9.17, 15) is 0 Å². The predicted molar refractivity (Wildman–Crippen MR) is 30.2 cm³/mol. The van der Waals surface area contributed by atoms with Crippen molar-refractivity contribution in [1.29, 1.82) is 0 Å². The maximum Gasteiger partial charge on any atom is 0.200 e. The Morgan fingerprint density at radius 2 is 1.75 bits per heavy atom. The Balaban J connectivity index is 2.83. The van der Waals surface area contributed by atoms with E-state index in [0.29, 0.717) is 0 Å². The first-order chi connectivity index (χ1) is 3.93. The maximum atomic E-state index is 5.06. The van der Waals surface area contributed by atoms with Gasteiger partial charge < -0.3 is 0 Å². The summed E-state index contributed by atoms with van der Waals surface area (Å²) in [5.41, 5.74) is 2.44. The Labute approximate surface area is 47.7 Å². The molecule has 1 rings (SSSR count).